The zero-order valence-electron chi connectivity index (χ0n) is 11.9. The van der Waals surface area contributed by atoms with Crippen LogP contribution in [-0.2, 0) is 9.53 Å². The van der Waals surface area contributed by atoms with Crippen molar-refractivity contribution in [2.45, 2.75) is 65.0 Å². The largest absolute Gasteiger partial charge is 0.444 e. The van der Waals surface area contributed by atoms with Crippen LogP contribution in [0.3, 0.4) is 0 Å². The number of nitrogens with one attached hydrogen (secondary N) is 1. The van der Waals surface area contributed by atoms with Gasteiger partial charge in [-0.05, 0) is 40.0 Å². The number of carbonyl (C=O) groups is 2. The maximum absolute atomic E-state index is 11.3. The Morgan fingerprint density at radius 3 is 2.39 bits per heavy atom. The number of hydrogen-bond acceptors (Lipinski definition) is 4. The van der Waals surface area contributed by atoms with Crippen LogP contribution >= 0.6 is 0 Å². The van der Waals surface area contributed by atoms with Crippen molar-refractivity contribution in [3.63, 3.8) is 0 Å². The van der Waals surface area contributed by atoms with E-state index in [2.05, 4.69) is 5.32 Å². The lowest BCUT2D eigenvalue weighted by Crippen LogP contribution is -2.33. The molecule has 0 rings (SSSR count). The van der Waals surface area contributed by atoms with Gasteiger partial charge in [-0.1, -0.05) is 6.92 Å². The van der Waals surface area contributed by atoms with Gasteiger partial charge in [0.2, 0.25) is 0 Å². The van der Waals surface area contributed by atoms with E-state index in [-0.39, 0.29) is 11.8 Å². The molecule has 0 aliphatic heterocycles. The molecule has 0 aromatic heterocycles. The molecule has 106 valence electrons. The molecule has 5 heteroatoms. The SMILES string of the molecule is CCC(=O)C(N)CCCCNC(=O)OC(C)(C)C. The van der Waals surface area contributed by atoms with Crippen molar-refractivity contribution in [2.75, 3.05) is 6.54 Å². The molecular weight excluding hydrogens is 232 g/mol. The van der Waals surface area contributed by atoms with E-state index < -0.39 is 11.7 Å². The lowest BCUT2D eigenvalue weighted by molar-refractivity contribution is -0.120. The minimum absolute atomic E-state index is 0.0927. The minimum atomic E-state index is -0.472. The second kappa shape index (κ2) is 8.08. The maximum atomic E-state index is 11.3. The van der Waals surface area contributed by atoms with Crippen LogP contribution in [0.25, 0.3) is 0 Å². The molecule has 0 heterocycles. The number of ether oxygens (including phenoxy) is 1. The summed E-state index contributed by atoms with van der Waals surface area (Å²) in [5.41, 5.74) is 5.22. The molecule has 0 fully saturated rings. The average molecular weight is 258 g/mol. The van der Waals surface area contributed by atoms with Gasteiger partial charge in [0.1, 0.15) is 11.4 Å². The van der Waals surface area contributed by atoms with E-state index in [9.17, 15) is 9.59 Å². The van der Waals surface area contributed by atoms with E-state index in [0.29, 0.717) is 19.4 Å². The Balaban J connectivity index is 3.57. The van der Waals surface area contributed by atoms with Crippen molar-refractivity contribution in [1.29, 1.82) is 0 Å². The summed E-state index contributed by atoms with van der Waals surface area (Å²) in [6.45, 7) is 7.82. The molecule has 0 aromatic carbocycles. The first-order valence-corrected chi connectivity index (χ1v) is 6.51. The predicted octanol–water partition coefficient (Wildman–Crippen LogP) is 1.99. The Labute approximate surface area is 109 Å². The fourth-order valence-electron chi connectivity index (χ4n) is 1.42. The standard InChI is InChI=1S/C13H26N2O3/c1-5-11(16)10(14)8-6-7-9-15-12(17)18-13(2,3)4/h10H,5-9,14H2,1-4H3,(H,15,17). The highest BCUT2D eigenvalue weighted by Crippen LogP contribution is 2.06. The van der Waals surface area contributed by atoms with Crippen molar-refractivity contribution in [3.8, 4) is 0 Å². The van der Waals surface area contributed by atoms with E-state index >= 15 is 0 Å². The van der Waals surface area contributed by atoms with Gasteiger partial charge in [0.05, 0.1) is 6.04 Å². The Hall–Kier alpha value is -1.10. The van der Waals surface area contributed by atoms with Gasteiger partial charge in [0, 0.05) is 13.0 Å². The summed E-state index contributed by atoms with van der Waals surface area (Å²) < 4.78 is 5.09. The summed E-state index contributed by atoms with van der Waals surface area (Å²) in [4.78, 5) is 22.5. The van der Waals surface area contributed by atoms with Crippen LogP contribution in [0.5, 0.6) is 0 Å². The second-order valence-electron chi connectivity index (χ2n) is 5.35. The highest BCUT2D eigenvalue weighted by Gasteiger charge is 2.15. The van der Waals surface area contributed by atoms with E-state index in [0.717, 1.165) is 12.8 Å². The first kappa shape index (κ1) is 16.9. The molecule has 1 amide bonds. The summed E-state index contributed by atoms with van der Waals surface area (Å²) >= 11 is 0. The molecule has 18 heavy (non-hydrogen) atoms. The van der Waals surface area contributed by atoms with E-state index in [1.807, 2.05) is 27.7 Å². The fraction of sp³-hybridized carbons (Fsp3) is 0.846. The first-order chi connectivity index (χ1) is 8.26. The summed E-state index contributed by atoms with van der Waals surface area (Å²) in [5, 5.41) is 2.67. The van der Waals surface area contributed by atoms with Crippen molar-refractivity contribution in [3.05, 3.63) is 0 Å². The molecule has 0 radical (unpaired) electrons. The molecule has 1 unspecified atom stereocenters. The number of amides is 1. The van der Waals surface area contributed by atoms with Gasteiger partial charge in [0.25, 0.3) is 0 Å². The van der Waals surface area contributed by atoms with Crippen LogP contribution in [0.2, 0.25) is 0 Å². The molecule has 1 atom stereocenters. The lowest BCUT2D eigenvalue weighted by atomic mass is 10.0. The quantitative estimate of drug-likeness (QED) is 0.684. The van der Waals surface area contributed by atoms with Gasteiger partial charge in [0.15, 0.2) is 0 Å². The third kappa shape index (κ3) is 8.98. The van der Waals surface area contributed by atoms with E-state index in [1.165, 1.54) is 0 Å². The molecule has 5 nitrogen and oxygen atoms in total. The summed E-state index contributed by atoms with van der Waals surface area (Å²) in [6, 6.07) is -0.364. The molecule has 3 N–H and O–H groups in total. The van der Waals surface area contributed by atoms with Crippen LogP contribution in [0.4, 0.5) is 4.79 Å². The van der Waals surface area contributed by atoms with Crippen LogP contribution in [-0.4, -0.2) is 30.1 Å². The van der Waals surface area contributed by atoms with Crippen molar-refractivity contribution in [1.82, 2.24) is 5.32 Å². The third-order valence-corrected chi connectivity index (χ3v) is 2.37. The van der Waals surface area contributed by atoms with Crippen LogP contribution in [0.15, 0.2) is 0 Å². The number of hydrogen-bond donors (Lipinski definition) is 2. The lowest BCUT2D eigenvalue weighted by Gasteiger charge is -2.19. The zero-order chi connectivity index (χ0) is 14.2. The Kier molecular flexibility index (Phi) is 7.59. The number of ketones is 1. The number of alkyl carbamates (subject to hydrolysis) is 1. The molecular formula is C13H26N2O3. The van der Waals surface area contributed by atoms with E-state index in [4.69, 9.17) is 10.5 Å². The van der Waals surface area contributed by atoms with Gasteiger partial charge in [-0.2, -0.15) is 0 Å². The minimum Gasteiger partial charge on any atom is -0.444 e. The molecule has 0 aromatic rings. The highest BCUT2D eigenvalue weighted by atomic mass is 16.6. The Bertz CT molecular complexity index is 272. The molecule has 0 saturated heterocycles. The molecule has 0 aliphatic carbocycles. The van der Waals surface area contributed by atoms with E-state index in [1.54, 1.807) is 0 Å². The zero-order valence-corrected chi connectivity index (χ0v) is 11.9. The number of carbonyl (C=O) groups excluding carboxylic acids is 2. The predicted molar refractivity (Wildman–Crippen MR) is 71.4 cm³/mol. The number of nitrogens with two attached hydrogens (primary N) is 1. The van der Waals surface area contributed by atoms with Gasteiger partial charge in [-0.3, -0.25) is 4.79 Å². The fourth-order valence-corrected chi connectivity index (χ4v) is 1.42. The normalized spacial score (nSPS) is 12.9. The highest BCUT2D eigenvalue weighted by molar-refractivity contribution is 5.83. The maximum Gasteiger partial charge on any atom is 0.407 e. The second-order valence-corrected chi connectivity index (χ2v) is 5.35. The topological polar surface area (TPSA) is 81.4 Å². The Morgan fingerprint density at radius 1 is 1.28 bits per heavy atom. The number of Topliss-reactive ketones (excluding diaryl/α,β-unsaturated/α-hetero) is 1. The van der Waals surface area contributed by atoms with Crippen molar-refractivity contribution < 1.29 is 14.3 Å². The van der Waals surface area contributed by atoms with Crippen LogP contribution in [0, 0.1) is 0 Å². The van der Waals surface area contributed by atoms with Crippen molar-refractivity contribution in [2.24, 2.45) is 5.73 Å². The first-order valence-electron chi connectivity index (χ1n) is 6.51. The summed E-state index contributed by atoms with van der Waals surface area (Å²) in [7, 11) is 0. The monoisotopic (exact) mass is 258 g/mol. The number of rotatable bonds is 7. The average Bonchev–Trinajstić information content (AvgIpc) is 2.24. The molecule has 0 saturated carbocycles. The molecule has 0 bridgehead atoms. The van der Waals surface area contributed by atoms with Gasteiger partial charge in [-0.15, -0.1) is 0 Å². The van der Waals surface area contributed by atoms with Crippen molar-refractivity contribution >= 4 is 11.9 Å². The Morgan fingerprint density at radius 2 is 1.89 bits per heavy atom. The summed E-state index contributed by atoms with van der Waals surface area (Å²) in [6.07, 6.45) is 2.36. The third-order valence-electron chi connectivity index (χ3n) is 2.37. The van der Waals surface area contributed by atoms with Gasteiger partial charge >= 0.3 is 6.09 Å². The molecule has 0 spiro atoms. The van der Waals surface area contributed by atoms with Gasteiger partial charge in [-0.25, -0.2) is 4.79 Å². The smallest absolute Gasteiger partial charge is 0.407 e. The van der Waals surface area contributed by atoms with Gasteiger partial charge < -0.3 is 15.8 Å². The number of unbranched alkanes of at least 4 members (excludes halogenated alkanes) is 1. The van der Waals surface area contributed by atoms with Crippen LogP contribution < -0.4 is 11.1 Å². The van der Waals surface area contributed by atoms with Crippen LogP contribution in [0.1, 0.15) is 53.4 Å². The molecule has 0 aliphatic rings. The summed E-state index contributed by atoms with van der Waals surface area (Å²) in [5.74, 6) is 0.0927.